The van der Waals surface area contributed by atoms with Gasteiger partial charge in [0, 0.05) is 0 Å². The number of alkyl halides is 2. The minimum atomic E-state index is -2.58. The molecule has 0 aliphatic carbocycles. The summed E-state index contributed by atoms with van der Waals surface area (Å²) in [7, 11) is 0. The lowest BCUT2D eigenvalue weighted by atomic mass is 10.2. The first kappa shape index (κ1) is 12.9. The minimum Gasteiger partial charge on any atom is -0.369 e. The molecule has 0 amide bonds. The SMILES string of the molecule is O=C(ON1CCO[C@@H](C(F)F)C1)c1ccccc1. The molecule has 1 saturated heterocycles. The Morgan fingerprint density at radius 2 is 2.11 bits per heavy atom. The van der Waals surface area contributed by atoms with Crippen LogP contribution >= 0.6 is 0 Å². The lowest BCUT2D eigenvalue weighted by Crippen LogP contribution is -2.46. The van der Waals surface area contributed by atoms with Crippen LogP contribution in [0.5, 0.6) is 0 Å². The molecular formula is C12H13F2NO3. The highest BCUT2D eigenvalue weighted by atomic mass is 19.3. The predicted molar refractivity (Wildman–Crippen MR) is 59.2 cm³/mol. The summed E-state index contributed by atoms with van der Waals surface area (Å²) in [6.07, 6.45) is -3.79. The number of benzene rings is 1. The third-order valence-electron chi connectivity index (χ3n) is 2.56. The van der Waals surface area contributed by atoms with Crippen molar-refractivity contribution < 1.29 is 23.1 Å². The first-order valence-corrected chi connectivity index (χ1v) is 5.59. The highest BCUT2D eigenvalue weighted by molar-refractivity contribution is 5.89. The van der Waals surface area contributed by atoms with Gasteiger partial charge in [0.25, 0.3) is 6.43 Å². The van der Waals surface area contributed by atoms with E-state index in [1.54, 1.807) is 30.3 Å². The molecule has 1 aliphatic rings. The van der Waals surface area contributed by atoms with E-state index in [4.69, 9.17) is 9.57 Å². The molecule has 1 heterocycles. The number of ether oxygens (including phenoxy) is 1. The van der Waals surface area contributed by atoms with Crippen LogP contribution in [0.15, 0.2) is 30.3 Å². The zero-order chi connectivity index (χ0) is 13.0. The Bertz CT molecular complexity index is 400. The fourth-order valence-electron chi connectivity index (χ4n) is 1.63. The van der Waals surface area contributed by atoms with Crippen molar-refractivity contribution in [1.29, 1.82) is 0 Å². The zero-order valence-corrected chi connectivity index (χ0v) is 9.59. The molecule has 0 aromatic heterocycles. The van der Waals surface area contributed by atoms with Crippen molar-refractivity contribution in [2.75, 3.05) is 19.7 Å². The predicted octanol–water partition coefficient (Wildman–Crippen LogP) is 1.72. The van der Waals surface area contributed by atoms with E-state index in [1.165, 1.54) is 5.06 Å². The number of morpholine rings is 1. The van der Waals surface area contributed by atoms with Crippen LogP contribution in [0, 0.1) is 0 Å². The number of hydrogen-bond donors (Lipinski definition) is 0. The summed E-state index contributed by atoms with van der Waals surface area (Å²) in [5.41, 5.74) is 0.387. The second-order valence-corrected chi connectivity index (χ2v) is 3.88. The lowest BCUT2D eigenvalue weighted by Gasteiger charge is -2.30. The average molecular weight is 257 g/mol. The lowest BCUT2D eigenvalue weighted by molar-refractivity contribution is -0.196. The average Bonchev–Trinajstić information content (AvgIpc) is 2.40. The van der Waals surface area contributed by atoms with Crippen LogP contribution in [0.4, 0.5) is 8.78 Å². The number of rotatable bonds is 3. The summed E-state index contributed by atoms with van der Waals surface area (Å²) in [5, 5.41) is 1.22. The van der Waals surface area contributed by atoms with Gasteiger partial charge in [0.2, 0.25) is 0 Å². The maximum Gasteiger partial charge on any atom is 0.357 e. The molecule has 0 bridgehead atoms. The Morgan fingerprint density at radius 1 is 1.39 bits per heavy atom. The highest BCUT2D eigenvalue weighted by Gasteiger charge is 2.30. The number of hydrogen-bond acceptors (Lipinski definition) is 4. The van der Waals surface area contributed by atoms with Crippen LogP contribution in [-0.2, 0) is 9.57 Å². The van der Waals surface area contributed by atoms with Crippen LogP contribution in [0.2, 0.25) is 0 Å². The van der Waals surface area contributed by atoms with E-state index in [1.807, 2.05) is 0 Å². The van der Waals surface area contributed by atoms with Gasteiger partial charge in [-0.25, -0.2) is 13.6 Å². The van der Waals surface area contributed by atoms with Crippen molar-refractivity contribution in [3.8, 4) is 0 Å². The maximum absolute atomic E-state index is 12.5. The Labute approximate surface area is 103 Å². The Morgan fingerprint density at radius 3 is 2.78 bits per heavy atom. The van der Waals surface area contributed by atoms with Crippen LogP contribution < -0.4 is 0 Å². The minimum absolute atomic E-state index is 0.115. The summed E-state index contributed by atoms with van der Waals surface area (Å²) in [5.74, 6) is -0.550. The number of hydroxylamine groups is 2. The Balaban J connectivity index is 1.91. The molecule has 1 fully saturated rings. The smallest absolute Gasteiger partial charge is 0.357 e. The Hall–Kier alpha value is -1.53. The molecule has 4 nitrogen and oxygen atoms in total. The van der Waals surface area contributed by atoms with Gasteiger partial charge >= 0.3 is 5.97 Å². The molecule has 2 rings (SSSR count). The molecule has 0 unspecified atom stereocenters. The topological polar surface area (TPSA) is 38.8 Å². The molecule has 0 radical (unpaired) electrons. The van der Waals surface area contributed by atoms with Gasteiger partial charge in [-0.3, -0.25) is 0 Å². The molecule has 0 spiro atoms. The summed E-state index contributed by atoms with van der Waals surface area (Å²) in [6.45, 7) is 0.301. The van der Waals surface area contributed by atoms with Gasteiger partial charge in [0.15, 0.2) is 0 Å². The Kier molecular flexibility index (Phi) is 4.22. The third-order valence-corrected chi connectivity index (χ3v) is 2.56. The summed E-state index contributed by atoms with van der Waals surface area (Å²) in [4.78, 5) is 16.7. The second-order valence-electron chi connectivity index (χ2n) is 3.88. The van der Waals surface area contributed by atoms with Gasteiger partial charge < -0.3 is 9.57 Å². The standard InChI is InChI=1S/C12H13F2NO3/c13-11(14)10-8-15(6-7-17-10)18-12(16)9-4-2-1-3-5-9/h1-5,10-11H,6-8H2/t10-/m1/s1. The second kappa shape index (κ2) is 5.88. The van der Waals surface area contributed by atoms with E-state index in [9.17, 15) is 13.6 Å². The molecule has 98 valence electrons. The number of nitrogens with zero attached hydrogens (tertiary/aromatic N) is 1. The van der Waals surface area contributed by atoms with Crippen LogP contribution in [-0.4, -0.2) is 43.3 Å². The molecule has 6 heteroatoms. The fourth-order valence-corrected chi connectivity index (χ4v) is 1.63. The number of carbonyl (C=O) groups is 1. The van der Waals surface area contributed by atoms with Gasteiger partial charge in [-0.05, 0) is 12.1 Å². The van der Waals surface area contributed by atoms with E-state index in [0.717, 1.165) is 0 Å². The van der Waals surface area contributed by atoms with E-state index < -0.39 is 18.5 Å². The molecule has 1 atom stereocenters. The molecule has 18 heavy (non-hydrogen) atoms. The zero-order valence-electron chi connectivity index (χ0n) is 9.59. The molecule has 1 aromatic carbocycles. The monoisotopic (exact) mass is 257 g/mol. The van der Waals surface area contributed by atoms with E-state index in [0.29, 0.717) is 12.1 Å². The molecule has 0 saturated carbocycles. The van der Waals surface area contributed by atoms with E-state index >= 15 is 0 Å². The van der Waals surface area contributed by atoms with Crippen molar-refractivity contribution in [1.82, 2.24) is 5.06 Å². The molecule has 0 N–H and O–H groups in total. The maximum atomic E-state index is 12.5. The summed E-state index contributed by atoms with van der Waals surface area (Å²) in [6, 6.07) is 8.40. The van der Waals surface area contributed by atoms with Gasteiger partial charge in [0.1, 0.15) is 6.10 Å². The summed E-state index contributed by atoms with van der Waals surface area (Å²) >= 11 is 0. The quantitative estimate of drug-likeness (QED) is 0.826. The molecule has 1 aliphatic heterocycles. The van der Waals surface area contributed by atoms with Crippen molar-refractivity contribution in [3.63, 3.8) is 0 Å². The van der Waals surface area contributed by atoms with Crippen molar-refractivity contribution in [3.05, 3.63) is 35.9 Å². The molecule has 1 aromatic rings. The highest BCUT2D eigenvalue weighted by Crippen LogP contribution is 2.14. The number of carbonyl (C=O) groups excluding carboxylic acids is 1. The fraction of sp³-hybridized carbons (Fsp3) is 0.417. The largest absolute Gasteiger partial charge is 0.369 e. The van der Waals surface area contributed by atoms with Gasteiger partial charge in [-0.1, -0.05) is 18.2 Å². The van der Waals surface area contributed by atoms with Crippen LogP contribution in [0.3, 0.4) is 0 Å². The van der Waals surface area contributed by atoms with Crippen LogP contribution in [0.1, 0.15) is 10.4 Å². The number of halogens is 2. The van der Waals surface area contributed by atoms with E-state index in [2.05, 4.69) is 0 Å². The van der Waals surface area contributed by atoms with Crippen molar-refractivity contribution >= 4 is 5.97 Å². The normalized spacial score (nSPS) is 20.9. The first-order chi connectivity index (χ1) is 8.66. The third kappa shape index (κ3) is 3.24. The summed E-state index contributed by atoms with van der Waals surface area (Å²) < 4.78 is 29.8. The van der Waals surface area contributed by atoms with Gasteiger partial charge in [-0.15, -0.1) is 5.06 Å². The van der Waals surface area contributed by atoms with Crippen molar-refractivity contribution in [2.24, 2.45) is 0 Å². The van der Waals surface area contributed by atoms with E-state index in [-0.39, 0.29) is 13.2 Å². The van der Waals surface area contributed by atoms with Gasteiger partial charge in [-0.2, -0.15) is 0 Å². The first-order valence-electron chi connectivity index (χ1n) is 5.59. The van der Waals surface area contributed by atoms with Crippen molar-refractivity contribution in [2.45, 2.75) is 12.5 Å². The van der Waals surface area contributed by atoms with Gasteiger partial charge in [0.05, 0.1) is 25.3 Å². The molecular weight excluding hydrogens is 244 g/mol. The van der Waals surface area contributed by atoms with Crippen LogP contribution in [0.25, 0.3) is 0 Å².